The fourth-order valence-electron chi connectivity index (χ4n) is 2.46. The molecule has 0 atom stereocenters. The highest BCUT2D eigenvalue weighted by Gasteiger charge is 2.22. The van der Waals surface area contributed by atoms with Crippen LogP contribution in [0, 0.1) is 0 Å². The van der Waals surface area contributed by atoms with Gasteiger partial charge in [-0.1, -0.05) is 41.9 Å². The molecule has 1 heterocycles. The van der Waals surface area contributed by atoms with Crippen molar-refractivity contribution in [2.45, 2.75) is 19.3 Å². The second-order valence-electron chi connectivity index (χ2n) is 5.02. The Morgan fingerprint density at radius 2 is 2.14 bits per heavy atom. The van der Waals surface area contributed by atoms with Crippen LogP contribution >= 0.6 is 11.6 Å². The second-order valence-corrected chi connectivity index (χ2v) is 5.46. The van der Waals surface area contributed by atoms with Crippen molar-refractivity contribution in [2.75, 3.05) is 0 Å². The van der Waals surface area contributed by atoms with Gasteiger partial charge in [-0.25, -0.2) is 5.43 Å². The van der Waals surface area contributed by atoms with Gasteiger partial charge in [-0.2, -0.15) is 10.2 Å². The lowest BCUT2D eigenvalue weighted by Gasteiger charge is -1.98. The number of nitrogens with one attached hydrogen (secondary N) is 2. The Hall–Kier alpha value is -2.40. The number of aromatic nitrogens is 2. The molecule has 2 N–H and O–H groups in total. The third-order valence-electron chi connectivity index (χ3n) is 3.48. The van der Waals surface area contributed by atoms with Crippen LogP contribution in [0.2, 0.25) is 0 Å². The molecular formula is C16H15ClN4O. The van der Waals surface area contributed by atoms with Crippen LogP contribution in [0.4, 0.5) is 0 Å². The summed E-state index contributed by atoms with van der Waals surface area (Å²) < 4.78 is 0. The maximum Gasteiger partial charge on any atom is 0.292 e. The molecule has 0 radical (unpaired) electrons. The van der Waals surface area contributed by atoms with Crippen molar-refractivity contribution < 1.29 is 4.79 Å². The maximum absolute atomic E-state index is 12.0. The number of aryl methyl sites for hydroxylation is 1. The third kappa shape index (κ3) is 3.26. The van der Waals surface area contributed by atoms with Crippen LogP contribution < -0.4 is 5.43 Å². The molecule has 6 heteroatoms. The van der Waals surface area contributed by atoms with Crippen LogP contribution in [0.1, 0.15) is 33.7 Å². The van der Waals surface area contributed by atoms with Crippen LogP contribution in [-0.2, 0) is 12.8 Å². The largest absolute Gasteiger partial charge is 0.292 e. The predicted octanol–water partition coefficient (Wildman–Crippen LogP) is 2.89. The quantitative estimate of drug-likeness (QED) is 0.673. The Kier molecular flexibility index (Phi) is 4.34. The lowest BCUT2D eigenvalue weighted by Crippen LogP contribution is -2.19. The minimum atomic E-state index is -0.320. The SMILES string of the molecule is O=C(N/N=C\C(Cl)=C\c1ccccc1)c1n[nH]c2c1CCC2. The first kappa shape index (κ1) is 14.5. The molecular weight excluding hydrogens is 300 g/mol. The predicted molar refractivity (Wildman–Crippen MR) is 86.8 cm³/mol. The molecule has 0 fully saturated rings. The number of H-pyrrole nitrogens is 1. The zero-order valence-electron chi connectivity index (χ0n) is 11.8. The van der Waals surface area contributed by atoms with Gasteiger partial charge in [0.05, 0.1) is 11.2 Å². The van der Waals surface area contributed by atoms with Gasteiger partial charge < -0.3 is 0 Å². The van der Waals surface area contributed by atoms with E-state index in [4.69, 9.17) is 11.6 Å². The van der Waals surface area contributed by atoms with E-state index in [1.54, 1.807) is 6.08 Å². The highest BCUT2D eigenvalue weighted by atomic mass is 35.5. The van der Waals surface area contributed by atoms with Crippen LogP contribution in [0.15, 0.2) is 40.5 Å². The van der Waals surface area contributed by atoms with E-state index in [1.165, 1.54) is 6.21 Å². The lowest BCUT2D eigenvalue weighted by molar-refractivity contribution is 0.0949. The van der Waals surface area contributed by atoms with E-state index in [0.717, 1.165) is 36.1 Å². The number of hydrogen-bond acceptors (Lipinski definition) is 3. The number of aromatic amines is 1. The number of carbonyl (C=O) groups is 1. The van der Waals surface area contributed by atoms with Crippen LogP contribution in [0.5, 0.6) is 0 Å². The Balaban J connectivity index is 1.62. The molecule has 2 aromatic rings. The number of amides is 1. The summed E-state index contributed by atoms with van der Waals surface area (Å²) in [5.74, 6) is -0.320. The molecule has 0 saturated heterocycles. The molecule has 1 aliphatic carbocycles. The number of rotatable bonds is 4. The zero-order valence-corrected chi connectivity index (χ0v) is 12.6. The molecule has 0 aliphatic heterocycles. The molecule has 0 saturated carbocycles. The van der Waals surface area contributed by atoms with Crippen LogP contribution in [0.25, 0.3) is 6.08 Å². The smallest absolute Gasteiger partial charge is 0.281 e. The summed E-state index contributed by atoms with van der Waals surface area (Å²) in [5, 5.41) is 11.2. The summed E-state index contributed by atoms with van der Waals surface area (Å²) in [4.78, 5) is 12.0. The molecule has 1 aliphatic rings. The minimum Gasteiger partial charge on any atom is -0.281 e. The van der Waals surface area contributed by atoms with E-state index in [1.807, 2.05) is 30.3 Å². The first-order valence-electron chi connectivity index (χ1n) is 7.06. The van der Waals surface area contributed by atoms with E-state index >= 15 is 0 Å². The summed E-state index contributed by atoms with van der Waals surface area (Å²) >= 11 is 6.06. The Morgan fingerprint density at radius 1 is 1.32 bits per heavy atom. The number of hydrazone groups is 1. The Labute approximate surface area is 133 Å². The molecule has 5 nitrogen and oxygen atoms in total. The number of halogens is 1. The van der Waals surface area contributed by atoms with Gasteiger partial charge in [0.1, 0.15) is 0 Å². The zero-order chi connectivity index (χ0) is 15.4. The summed E-state index contributed by atoms with van der Waals surface area (Å²) in [5.41, 5.74) is 5.90. The molecule has 22 heavy (non-hydrogen) atoms. The van der Waals surface area contributed by atoms with Gasteiger partial charge in [0.25, 0.3) is 5.91 Å². The number of benzene rings is 1. The molecule has 0 unspecified atom stereocenters. The van der Waals surface area contributed by atoms with E-state index < -0.39 is 0 Å². The standard InChI is InChI=1S/C16H15ClN4O/c17-12(9-11-5-2-1-3-6-11)10-18-21-16(22)15-13-7-4-8-14(13)19-20-15/h1-3,5-6,9-10H,4,7-8H2,(H,19,20)(H,21,22)/b12-9-,18-10-. The number of allylic oxidation sites excluding steroid dienone is 1. The van der Waals surface area contributed by atoms with E-state index in [0.29, 0.717) is 10.7 Å². The maximum atomic E-state index is 12.0. The fraction of sp³-hybridized carbons (Fsp3) is 0.188. The van der Waals surface area contributed by atoms with Gasteiger partial charge in [-0.05, 0) is 30.9 Å². The number of hydrogen-bond donors (Lipinski definition) is 2. The van der Waals surface area contributed by atoms with Gasteiger partial charge in [-0.15, -0.1) is 0 Å². The molecule has 0 spiro atoms. The van der Waals surface area contributed by atoms with Gasteiger partial charge in [0.2, 0.25) is 0 Å². The van der Waals surface area contributed by atoms with Crippen molar-refractivity contribution in [1.82, 2.24) is 15.6 Å². The summed E-state index contributed by atoms with van der Waals surface area (Å²) in [6.45, 7) is 0. The summed E-state index contributed by atoms with van der Waals surface area (Å²) in [6.07, 6.45) is 6.05. The Bertz CT molecular complexity index is 734. The molecule has 112 valence electrons. The molecule has 1 amide bonds. The topological polar surface area (TPSA) is 70.1 Å². The van der Waals surface area contributed by atoms with Gasteiger partial charge in [-0.3, -0.25) is 9.89 Å². The van der Waals surface area contributed by atoms with Gasteiger partial charge >= 0.3 is 0 Å². The summed E-state index contributed by atoms with van der Waals surface area (Å²) in [7, 11) is 0. The van der Waals surface area contributed by atoms with Crippen molar-refractivity contribution >= 4 is 29.8 Å². The normalized spacial score (nSPS) is 14.3. The number of carbonyl (C=O) groups excluding carboxylic acids is 1. The first-order chi connectivity index (χ1) is 10.7. The monoisotopic (exact) mass is 314 g/mol. The van der Waals surface area contributed by atoms with Gasteiger partial charge in [0.15, 0.2) is 5.69 Å². The second kappa shape index (κ2) is 6.58. The number of nitrogens with zero attached hydrogens (tertiary/aromatic N) is 2. The molecule has 3 rings (SSSR count). The lowest BCUT2D eigenvalue weighted by atomic mass is 10.2. The highest BCUT2D eigenvalue weighted by Crippen LogP contribution is 2.22. The van der Waals surface area contributed by atoms with Crippen molar-refractivity contribution in [1.29, 1.82) is 0 Å². The average molecular weight is 315 g/mol. The van der Waals surface area contributed by atoms with E-state index in [-0.39, 0.29) is 5.91 Å². The fourth-order valence-corrected chi connectivity index (χ4v) is 2.63. The summed E-state index contributed by atoms with van der Waals surface area (Å²) in [6, 6.07) is 9.64. The van der Waals surface area contributed by atoms with Crippen molar-refractivity contribution in [2.24, 2.45) is 5.10 Å². The molecule has 1 aromatic heterocycles. The van der Waals surface area contributed by atoms with Crippen molar-refractivity contribution in [3.8, 4) is 0 Å². The molecule has 0 bridgehead atoms. The van der Waals surface area contributed by atoms with Gasteiger partial charge in [0, 0.05) is 11.3 Å². The Morgan fingerprint density at radius 3 is 2.95 bits per heavy atom. The first-order valence-corrected chi connectivity index (χ1v) is 7.43. The third-order valence-corrected chi connectivity index (χ3v) is 3.69. The van der Waals surface area contributed by atoms with Crippen molar-refractivity contribution in [3.05, 3.63) is 57.9 Å². The van der Waals surface area contributed by atoms with E-state index in [9.17, 15) is 4.79 Å². The minimum absolute atomic E-state index is 0.320. The number of fused-ring (bicyclic) bond motifs is 1. The average Bonchev–Trinajstić information content (AvgIpc) is 3.10. The van der Waals surface area contributed by atoms with Crippen molar-refractivity contribution in [3.63, 3.8) is 0 Å². The highest BCUT2D eigenvalue weighted by molar-refractivity contribution is 6.41. The van der Waals surface area contributed by atoms with Crippen LogP contribution in [0.3, 0.4) is 0 Å². The van der Waals surface area contributed by atoms with Crippen LogP contribution in [-0.4, -0.2) is 22.3 Å². The molecule has 1 aromatic carbocycles. The van der Waals surface area contributed by atoms with E-state index in [2.05, 4.69) is 20.7 Å².